The number of ketones is 2. The molecule has 0 spiro atoms. The van der Waals surface area contributed by atoms with Crippen molar-refractivity contribution in [2.45, 2.75) is 208 Å². The minimum absolute atomic E-state index is 0.0536. The molecule has 0 aliphatic carbocycles. The summed E-state index contributed by atoms with van der Waals surface area (Å²) in [4.78, 5) is 136. The number of carboxylic acid groups (broad SMARTS) is 1. The second kappa shape index (κ2) is 43.1. The average Bonchev–Trinajstić information content (AvgIpc) is 0.751. The van der Waals surface area contributed by atoms with Crippen LogP contribution in [0.5, 0.6) is 57.5 Å². The number of carbonyl (C=O) groups excluding carboxylic acids is 8. The van der Waals surface area contributed by atoms with Gasteiger partial charge in [0.1, 0.15) is 88.9 Å². The summed E-state index contributed by atoms with van der Waals surface area (Å²) in [5.41, 5.74) is 7.63. The minimum atomic E-state index is -4.22. The maximum atomic E-state index is 16.7. The molecule has 710 valence electrons. The summed E-state index contributed by atoms with van der Waals surface area (Å²) < 4.78 is 85.8. The van der Waals surface area contributed by atoms with Crippen molar-refractivity contribution in [1.29, 1.82) is 0 Å². The number of aromatic hydroxyl groups is 2. The van der Waals surface area contributed by atoms with E-state index in [2.05, 4.69) is 36.6 Å². The Morgan fingerprint density at radius 1 is 0.727 bits per heavy atom. The number of Topliss-reactive ketones (excluding diaryl/α,β-unsaturated/α-hetero) is 2. The fourth-order valence-electron chi connectivity index (χ4n) is 16.3. The predicted octanol–water partition coefficient (Wildman–Crippen LogP) is 7.07. The summed E-state index contributed by atoms with van der Waals surface area (Å²) in [5.74, 6) is -19.4. The van der Waals surface area contributed by atoms with E-state index in [9.17, 15) is 73.6 Å². The molecular weight excluding hydrogens is 1790 g/mol. The minimum Gasteiger partial charge on any atom is -0.507 e. The Hall–Kier alpha value is -11.4. The fraction of sp³-hybridized carbons (Fsp3) is 0.440. The lowest BCUT2D eigenvalue weighted by molar-refractivity contribution is -0.333. The van der Waals surface area contributed by atoms with Gasteiger partial charge in [0.25, 0.3) is 0 Å². The largest absolute Gasteiger partial charge is 0.507 e. The van der Waals surface area contributed by atoms with Crippen LogP contribution in [0.4, 0.5) is 10.5 Å². The lowest BCUT2D eigenvalue weighted by atomic mass is 9.84. The number of halogens is 2. The number of methoxy groups -OCH3 is 1. The molecule has 0 unspecified atom stereocenters. The summed E-state index contributed by atoms with van der Waals surface area (Å²) >= 11 is 14.4. The second-order valence-electron chi connectivity index (χ2n) is 33.6. The van der Waals surface area contributed by atoms with Crippen molar-refractivity contribution in [1.82, 2.24) is 31.3 Å². The van der Waals surface area contributed by atoms with Crippen LogP contribution < -0.4 is 76.5 Å². The van der Waals surface area contributed by atoms with Crippen LogP contribution in [-0.2, 0) is 69.1 Å². The zero-order valence-corrected chi connectivity index (χ0v) is 75.2. The maximum absolute atomic E-state index is 16.7. The topological polar surface area (TPSA) is 589 Å². The van der Waals surface area contributed by atoms with E-state index in [1.54, 1.807) is 6.92 Å². The van der Waals surface area contributed by atoms with E-state index in [0.717, 1.165) is 73.9 Å². The molecule has 2 saturated heterocycles. The Morgan fingerprint density at radius 3 is 1.98 bits per heavy atom. The number of carboxylic acids is 1. The number of phenolic OH excluding ortho intramolecular Hbond substituents is 2. The van der Waals surface area contributed by atoms with Crippen molar-refractivity contribution in [3.63, 3.8) is 0 Å². The highest BCUT2D eigenvalue weighted by atomic mass is 35.5. The van der Waals surface area contributed by atoms with Crippen LogP contribution in [0.3, 0.4) is 0 Å². The normalized spacial score (nSPS) is 25.4. The number of ether oxygens (including phenoxy) is 9. The van der Waals surface area contributed by atoms with E-state index in [1.807, 2.05) is 20.8 Å². The van der Waals surface area contributed by atoms with Gasteiger partial charge in [0.2, 0.25) is 51.6 Å². The molecule has 6 amide bonds. The molecule has 7 aliphatic rings. The number of unbranched alkanes of at least 4 members (excludes halogenated alkanes) is 2. The highest BCUT2D eigenvalue weighted by Gasteiger charge is 2.52. The van der Waals surface area contributed by atoms with E-state index in [4.69, 9.17) is 77.3 Å². The number of hydrogen-bond acceptors (Lipinski definition) is 30. The Bertz CT molecular complexity index is 5560. The van der Waals surface area contributed by atoms with Crippen molar-refractivity contribution in [3.8, 4) is 68.6 Å². The summed E-state index contributed by atoms with van der Waals surface area (Å²) in [6.07, 6.45) is -19.3. The van der Waals surface area contributed by atoms with E-state index in [1.165, 1.54) is 87.7 Å². The molecule has 7 aliphatic heterocycles. The number of primary amides is 1. The van der Waals surface area contributed by atoms with Crippen LogP contribution in [0.2, 0.25) is 10.0 Å². The zero-order valence-electron chi connectivity index (χ0n) is 72.8. The monoisotopic (exact) mass is 1890 g/mol. The highest BCUT2D eigenvalue weighted by molar-refractivity contribution is 7.89. The Kier molecular flexibility index (Phi) is 32.5. The maximum Gasteiger partial charge on any atom is 0.417 e. The number of fused-ring (bicyclic) bond motifs is 15. The highest BCUT2D eigenvalue weighted by Crippen LogP contribution is 2.52. The third kappa shape index (κ3) is 23.3. The van der Waals surface area contributed by atoms with Gasteiger partial charge in [-0.3, -0.25) is 38.9 Å². The average molecular weight is 1890 g/mol. The number of nitrogens with one attached hydrogen (secondary N) is 7. The van der Waals surface area contributed by atoms with Gasteiger partial charge in [-0.05, 0) is 164 Å². The summed E-state index contributed by atoms with van der Waals surface area (Å²) in [7, 11) is -2.81. The van der Waals surface area contributed by atoms with E-state index in [-0.39, 0.29) is 69.9 Å². The number of benzene rings is 7. The number of rotatable bonds is 28. The number of phenols is 2. The summed E-state index contributed by atoms with van der Waals surface area (Å²) in [5, 5.41) is 123. The van der Waals surface area contributed by atoms with Gasteiger partial charge in [-0.15, -0.1) is 0 Å². The number of sulfonamides is 1. The van der Waals surface area contributed by atoms with Gasteiger partial charge in [-0.1, -0.05) is 81.9 Å². The molecule has 11 bridgehead atoms. The standard InChI is InChI=1S/C91H107Cl2N9O29S/c1-8-10-11-28-124-52-19-21-53(22-20-52)132(121,122)97-27-26-96-40-57-65(129-90(120)98-50-15-17-51(123-7)18-16-50)38-56-71(78(57)110)55-30-45(12-23-60(55)104)54-37-62(106)72-48-34-66(126-63-24-13-46(31-58(63)92)76(108)74(101-84(114)44(9-2)29-42(3)4)61(105)33-49(36-69(94)107)85(115)99-72)81(131-89-82(80(112)79(111)68(41-103)128-89)130-70-39-91(6,95)83(113)43(5)125-70)67(35-48)127-64-25-14-47(32-59(64)93)77(109)75(102-86(54)116)87(117)100-73(56)88(118)119/h12-25,30-32,34-35,38,42-44,49,54,68,70,72-77,79-80,82-83,89,96-97,103-104,108-113H,8-11,26-29,33,36-37,39-41,95H2,1-7H3,(H2,94,107)(H,98,120)(H,99,115)(H,100,117)(H,101,114)(H,102,116)(H,118,119)/t43-,44+,49-,54+,68+,70-,72+,73-,74-,75-,76+,77+,79+,80-,82+,83+,89-,91-/m0/s1. The van der Waals surface area contributed by atoms with Gasteiger partial charge in [-0.2, -0.15) is 0 Å². The molecule has 0 aromatic heterocycles. The third-order valence-electron chi connectivity index (χ3n) is 23.5. The van der Waals surface area contributed by atoms with Crippen LogP contribution in [0, 0.1) is 17.8 Å². The number of hydrogen-bond donors (Lipinski definition) is 18. The van der Waals surface area contributed by atoms with Crippen LogP contribution in [0.1, 0.15) is 163 Å². The van der Waals surface area contributed by atoms with Gasteiger partial charge >= 0.3 is 12.1 Å². The van der Waals surface area contributed by atoms with Gasteiger partial charge in [0.15, 0.2) is 41.5 Å². The molecule has 14 rings (SSSR count). The summed E-state index contributed by atoms with van der Waals surface area (Å²) in [6, 6.07) is 15.6. The Labute approximate surface area is 768 Å². The fourth-order valence-corrected chi connectivity index (χ4v) is 17.8. The molecule has 2 fully saturated rings. The molecule has 41 heteroatoms. The van der Waals surface area contributed by atoms with Crippen molar-refractivity contribution in [2.75, 3.05) is 38.7 Å². The quantitative estimate of drug-likeness (QED) is 0.0218. The van der Waals surface area contributed by atoms with E-state index < -0.39 is 278 Å². The zero-order chi connectivity index (χ0) is 95.6. The van der Waals surface area contributed by atoms with Gasteiger partial charge < -0.3 is 127 Å². The number of carbonyl (C=O) groups is 9. The van der Waals surface area contributed by atoms with E-state index in [0.29, 0.717) is 24.5 Å². The SMILES string of the molecule is CCCCCOc1ccc(S(=O)(=O)NCCNCc2c(OC(=O)Nc3ccc(OC)cc3)cc3c(c2O)-c2cc(ccc2O)[C@H]2CC(=O)[C@@H]4NC(=O)[C@H](CC(N)=O)CC(=O)[C@H](NC(=O)[C@H](CC)CC(C)C)[C@H](O)c5ccc(c(Cl)c5)Oc5cc4cc(c5O[C@@H]4O[C@H](CO)[C@@H](O)[C@H](O)[C@H]4O[C@H]4C[C@](C)(N)[C@H](O)[C@H](C)O4)Oc4ccc(cc4Cl)[C@@H](O)[C@H](NC2=O)C(=O)N[C@@H]3C(=O)O)cc1. The molecule has 7 aromatic carbocycles. The molecule has 20 N–H and O–H groups in total. The molecule has 38 nitrogen and oxygen atoms in total. The molecule has 7 heterocycles. The van der Waals surface area contributed by atoms with Crippen LogP contribution in [0.25, 0.3) is 11.1 Å². The number of amides is 6. The van der Waals surface area contributed by atoms with Crippen molar-refractivity contribution in [2.24, 2.45) is 29.2 Å². The lowest BCUT2D eigenvalue weighted by Crippen LogP contribution is -2.64. The van der Waals surface area contributed by atoms with Gasteiger partial charge in [-0.25, -0.2) is 22.7 Å². The van der Waals surface area contributed by atoms with Crippen molar-refractivity contribution >= 4 is 92.1 Å². The van der Waals surface area contributed by atoms with Crippen molar-refractivity contribution in [3.05, 3.63) is 165 Å². The Morgan fingerprint density at radius 2 is 1.38 bits per heavy atom. The smallest absolute Gasteiger partial charge is 0.417 e. The predicted molar refractivity (Wildman–Crippen MR) is 472 cm³/mol. The molecule has 0 radical (unpaired) electrons. The molecular formula is C91H107Cl2N9O29S. The van der Waals surface area contributed by atoms with Gasteiger partial charge in [0.05, 0.1) is 64.9 Å². The van der Waals surface area contributed by atoms with Gasteiger partial charge in [0, 0.05) is 79.2 Å². The first-order chi connectivity index (χ1) is 62.7. The number of anilines is 1. The number of aliphatic hydroxyl groups excluding tert-OH is 6. The molecule has 0 saturated carbocycles. The number of aliphatic carboxylic acids is 1. The first kappa shape index (κ1) is 99.6. The van der Waals surface area contributed by atoms with Crippen LogP contribution >= 0.6 is 23.2 Å². The molecule has 7 aromatic rings. The number of aliphatic hydroxyl groups is 6. The first-order valence-corrected chi connectivity index (χ1v) is 45.1. The second-order valence-corrected chi connectivity index (χ2v) is 36.2. The van der Waals surface area contributed by atoms with Crippen molar-refractivity contribution < 1.29 is 140 Å². The summed E-state index contributed by atoms with van der Waals surface area (Å²) in [6.45, 7) is 8.70. The van der Waals surface area contributed by atoms with Crippen LogP contribution in [0.15, 0.2) is 126 Å². The third-order valence-corrected chi connectivity index (χ3v) is 25.5. The Balaban J connectivity index is 1.05. The van der Waals surface area contributed by atoms with E-state index >= 15 is 24.0 Å². The number of nitrogens with two attached hydrogens (primary N) is 2. The lowest BCUT2D eigenvalue weighted by Gasteiger charge is -2.47. The molecule has 132 heavy (non-hydrogen) atoms. The first-order valence-electron chi connectivity index (χ1n) is 42.8. The molecule has 18 atom stereocenters. The van der Waals surface area contributed by atoms with Crippen LogP contribution in [-0.4, -0.2) is 208 Å².